The van der Waals surface area contributed by atoms with E-state index in [4.69, 9.17) is 23.9 Å². The van der Waals surface area contributed by atoms with Crippen molar-refractivity contribution in [2.24, 2.45) is 0 Å². The van der Waals surface area contributed by atoms with Crippen molar-refractivity contribution in [3.8, 4) is 11.4 Å². The van der Waals surface area contributed by atoms with Crippen LogP contribution >= 0.6 is 7.60 Å². The van der Waals surface area contributed by atoms with Crippen LogP contribution in [0.3, 0.4) is 0 Å². The quantitative estimate of drug-likeness (QED) is 0.114. The maximum Gasteiger partial charge on any atom is 0.410 e. The number of carbonyl (C=O) groups excluding carboxylic acids is 5. The lowest BCUT2D eigenvalue weighted by molar-refractivity contribution is -0.874. The van der Waals surface area contributed by atoms with E-state index in [0.717, 1.165) is 4.90 Å². The molecular weight excluding hydrogens is 739 g/mol. The van der Waals surface area contributed by atoms with Crippen molar-refractivity contribution in [3.63, 3.8) is 0 Å². The van der Waals surface area contributed by atoms with Gasteiger partial charge in [0.2, 0.25) is 0 Å². The van der Waals surface area contributed by atoms with Gasteiger partial charge in [-0.1, -0.05) is 30.3 Å². The minimum atomic E-state index is -5.16. The third-order valence-corrected chi connectivity index (χ3v) is 10.8. The van der Waals surface area contributed by atoms with Gasteiger partial charge in [0, 0.05) is 31.8 Å². The van der Waals surface area contributed by atoms with Crippen molar-refractivity contribution in [1.29, 1.82) is 0 Å². The van der Waals surface area contributed by atoms with Crippen molar-refractivity contribution >= 4 is 43.3 Å². The largest absolute Gasteiger partial charge is 0.464 e. The SMILES string of the molecule is CCOC(=O)C(C)N(C(=O)c1cc(N2CC[C@H](OC)C2)nc(-c2ccccc2)n1)[C@H](CP(=O)(O)O)C(=O)[N+]1([C@@H](C)C(=O)OCC)CCN(C(=O)OCC)CC1. The number of nitrogens with zero attached hydrogens (tertiary/aromatic N) is 6. The fourth-order valence-corrected chi connectivity index (χ4v) is 7.72. The summed E-state index contributed by atoms with van der Waals surface area (Å²) in [4.78, 5) is 104. The number of ether oxygens (including phenoxy) is 4. The Morgan fingerprint density at radius 2 is 1.55 bits per heavy atom. The molecule has 0 saturated carbocycles. The summed E-state index contributed by atoms with van der Waals surface area (Å²) in [5, 5.41) is 0. The molecular formula is C36H52N6O12P+. The Balaban J connectivity index is 1.92. The number of piperazine rings is 1. The number of aromatic nitrogens is 2. The first kappa shape index (κ1) is 43.3. The highest BCUT2D eigenvalue weighted by molar-refractivity contribution is 7.51. The molecule has 2 aromatic rings. The lowest BCUT2D eigenvalue weighted by Gasteiger charge is -2.47. The normalized spacial score (nSPS) is 18.5. The van der Waals surface area contributed by atoms with Gasteiger partial charge in [-0.2, -0.15) is 0 Å². The number of methoxy groups -OCH3 is 1. The second-order valence-electron chi connectivity index (χ2n) is 13.3. The van der Waals surface area contributed by atoms with E-state index < -0.39 is 66.2 Å². The minimum Gasteiger partial charge on any atom is -0.464 e. The molecule has 1 aromatic carbocycles. The zero-order valence-electron chi connectivity index (χ0n) is 32.2. The Hall–Kier alpha value is -4.48. The van der Waals surface area contributed by atoms with E-state index in [1.54, 1.807) is 58.2 Å². The number of quaternary nitrogens is 1. The van der Waals surface area contributed by atoms with E-state index in [-0.39, 0.29) is 63.6 Å². The van der Waals surface area contributed by atoms with Crippen molar-refractivity contribution in [3.05, 3.63) is 42.1 Å². The van der Waals surface area contributed by atoms with Crippen LogP contribution in [0.15, 0.2) is 36.4 Å². The molecule has 0 spiro atoms. The number of rotatable bonds is 15. The number of benzene rings is 1. The summed E-state index contributed by atoms with van der Waals surface area (Å²) in [6, 6.07) is 5.41. The minimum absolute atomic E-state index is 0.0231. The zero-order chi connectivity index (χ0) is 40.5. The molecule has 302 valence electrons. The van der Waals surface area contributed by atoms with Gasteiger partial charge in [-0.05, 0) is 41.0 Å². The molecule has 3 amide bonds. The van der Waals surface area contributed by atoms with Crippen LogP contribution < -0.4 is 4.90 Å². The first-order chi connectivity index (χ1) is 26.1. The van der Waals surface area contributed by atoms with E-state index in [2.05, 4.69) is 4.98 Å². The number of carbonyl (C=O) groups is 5. The number of hydrogen-bond donors (Lipinski definition) is 2. The Labute approximate surface area is 320 Å². The maximum absolute atomic E-state index is 15.2. The average molecular weight is 792 g/mol. The van der Waals surface area contributed by atoms with E-state index >= 15 is 9.59 Å². The molecule has 2 N–H and O–H groups in total. The molecule has 2 fully saturated rings. The van der Waals surface area contributed by atoms with Crippen LogP contribution in [-0.2, 0) is 37.9 Å². The molecule has 4 rings (SSSR count). The van der Waals surface area contributed by atoms with Crippen molar-refractivity contribution in [2.75, 3.05) is 77.3 Å². The third kappa shape index (κ3) is 10.2. The number of anilines is 1. The molecule has 1 aromatic heterocycles. The molecule has 2 aliphatic heterocycles. The molecule has 19 heteroatoms. The summed E-state index contributed by atoms with van der Waals surface area (Å²) in [5.41, 5.74) is 0.294. The van der Waals surface area contributed by atoms with Gasteiger partial charge in [-0.15, -0.1) is 0 Å². The lowest BCUT2D eigenvalue weighted by Crippen LogP contribution is -2.73. The Bertz CT molecular complexity index is 1730. The first-order valence-electron chi connectivity index (χ1n) is 18.4. The van der Waals surface area contributed by atoms with Crippen LogP contribution in [0.25, 0.3) is 11.4 Å². The van der Waals surface area contributed by atoms with E-state index in [9.17, 15) is 28.7 Å². The van der Waals surface area contributed by atoms with Crippen LogP contribution in [0.4, 0.5) is 10.6 Å². The summed E-state index contributed by atoms with van der Waals surface area (Å²) < 4.78 is 33.4. The fourth-order valence-electron chi connectivity index (χ4n) is 6.94. The predicted molar refractivity (Wildman–Crippen MR) is 198 cm³/mol. The molecule has 0 aliphatic carbocycles. The van der Waals surface area contributed by atoms with Crippen molar-refractivity contribution < 1.29 is 61.8 Å². The molecule has 0 bridgehead atoms. The van der Waals surface area contributed by atoms with Crippen molar-refractivity contribution in [2.45, 2.75) is 65.3 Å². The van der Waals surface area contributed by atoms with Gasteiger partial charge in [0.1, 0.15) is 30.6 Å². The zero-order valence-corrected chi connectivity index (χ0v) is 33.1. The highest BCUT2D eigenvalue weighted by Crippen LogP contribution is 2.39. The molecule has 18 nitrogen and oxygen atoms in total. The second kappa shape index (κ2) is 18.9. The topological polar surface area (TPSA) is 215 Å². The standard InChI is InChI=1S/C36H51N6O12P/c1-7-52-34(45)24(4)41(32(43)28-21-30(40-16-15-27(22-40)51-6)38-31(37-28)26-13-11-10-12-14-26)29(23-55(48,49)50)33(44)42(25(5)35(46)53-8-2)19-17-39(18-20-42)36(47)54-9-3/h10-14,21,24-25,27,29H,7-9,15-20,22-23H2,1-6H3,(H-,48,49,50)/p+1/t24?,25-,27-,29+/m0/s1. The highest BCUT2D eigenvalue weighted by atomic mass is 31.2. The average Bonchev–Trinajstić information content (AvgIpc) is 3.66. The Morgan fingerprint density at radius 3 is 2.11 bits per heavy atom. The smallest absolute Gasteiger partial charge is 0.410 e. The molecule has 0 radical (unpaired) electrons. The summed E-state index contributed by atoms with van der Waals surface area (Å²) in [7, 11) is -3.56. The van der Waals surface area contributed by atoms with Gasteiger partial charge in [-0.3, -0.25) is 14.3 Å². The Kier molecular flexibility index (Phi) is 14.9. The molecule has 4 atom stereocenters. The van der Waals surface area contributed by atoms with Crippen LogP contribution in [0.2, 0.25) is 0 Å². The van der Waals surface area contributed by atoms with Crippen LogP contribution in [0, 0.1) is 0 Å². The van der Waals surface area contributed by atoms with Crippen molar-refractivity contribution in [1.82, 2.24) is 19.8 Å². The van der Waals surface area contributed by atoms with Gasteiger partial charge in [-0.25, -0.2) is 33.6 Å². The first-order valence-corrected chi connectivity index (χ1v) is 20.2. The van der Waals surface area contributed by atoms with Gasteiger partial charge in [0.05, 0.1) is 45.2 Å². The van der Waals surface area contributed by atoms with Gasteiger partial charge in [0.15, 0.2) is 17.9 Å². The van der Waals surface area contributed by atoms with Gasteiger partial charge >= 0.3 is 31.5 Å². The molecule has 2 saturated heterocycles. The number of amides is 3. The molecule has 2 aliphatic rings. The number of hydrogen-bond acceptors (Lipinski definition) is 13. The van der Waals surface area contributed by atoms with Gasteiger partial charge in [0.25, 0.3) is 5.91 Å². The van der Waals surface area contributed by atoms with Crippen LogP contribution in [-0.4, -0.2) is 160 Å². The van der Waals surface area contributed by atoms with E-state index in [1.165, 1.54) is 24.8 Å². The third-order valence-electron chi connectivity index (χ3n) is 9.95. The molecule has 55 heavy (non-hydrogen) atoms. The van der Waals surface area contributed by atoms with E-state index in [0.29, 0.717) is 30.9 Å². The van der Waals surface area contributed by atoms with Crippen LogP contribution in [0.1, 0.15) is 51.5 Å². The second-order valence-corrected chi connectivity index (χ2v) is 15.0. The number of esters is 2. The van der Waals surface area contributed by atoms with E-state index in [1.807, 2.05) is 4.90 Å². The predicted octanol–water partition coefficient (Wildman–Crippen LogP) is 2.08. The summed E-state index contributed by atoms with van der Waals surface area (Å²) in [5.74, 6) is -3.18. The summed E-state index contributed by atoms with van der Waals surface area (Å²) in [6.45, 7) is 7.92. The molecule has 1 unspecified atom stereocenters. The highest BCUT2D eigenvalue weighted by Gasteiger charge is 2.55. The molecule has 3 heterocycles. The monoisotopic (exact) mass is 791 g/mol. The fraction of sp³-hybridized carbons (Fsp3) is 0.583. The Morgan fingerprint density at radius 1 is 0.927 bits per heavy atom. The lowest BCUT2D eigenvalue weighted by atomic mass is 10.0. The summed E-state index contributed by atoms with van der Waals surface area (Å²) >= 11 is 0. The van der Waals surface area contributed by atoms with Crippen LogP contribution in [0.5, 0.6) is 0 Å². The van der Waals surface area contributed by atoms with Gasteiger partial charge < -0.3 is 38.5 Å². The summed E-state index contributed by atoms with van der Waals surface area (Å²) in [6.07, 6.45) is -1.27. The maximum atomic E-state index is 15.2.